The highest BCUT2D eigenvalue weighted by molar-refractivity contribution is 6.34. The minimum absolute atomic E-state index is 0.189. The van der Waals surface area contributed by atoms with Crippen molar-refractivity contribution < 1.29 is 9.59 Å². The fraction of sp³-hybridized carbons (Fsp3) is 0.333. The Morgan fingerprint density at radius 3 is 2.47 bits per heavy atom. The van der Waals surface area contributed by atoms with Crippen LogP contribution in [0, 0.1) is 0 Å². The molecule has 2 amide bonds. The lowest BCUT2D eigenvalue weighted by atomic mass is 10.1. The third kappa shape index (κ3) is 2.26. The zero-order valence-corrected chi connectivity index (χ0v) is 10.0. The third-order valence-corrected chi connectivity index (χ3v) is 3.20. The summed E-state index contributed by atoms with van der Waals surface area (Å²) in [6, 6.07) is 4.73. The van der Waals surface area contributed by atoms with Gasteiger partial charge in [0.15, 0.2) is 0 Å². The van der Waals surface area contributed by atoms with Crippen LogP contribution in [0.3, 0.4) is 0 Å². The van der Waals surface area contributed by atoms with E-state index in [1.54, 1.807) is 17.0 Å². The van der Waals surface area contributed by atoms with E-state index in [9.17, 15) is 9.59 Å². The number of rotatable bonds is 2. The fourth-order valence-electron chi connectivity index (χ4n) is 2.03. The second kappa shape index (κ2) is 4.75. The van der Waals surface area contributed by atoms with Crippen LogP contribution in [0.25, 0.3) is 0 Å². The molecule has 1 fully saturated rings. The number of likely N-dealkylation sites (tertiary alicyclic amines) is 1. The van der Waals surface area contributed by atoms with Gasteiger partial charge in [-0.25, -0.2) is 0 Å². The monoisotopic (exact) mass is 252 g/mol. The predicted octanol–water partition coefficient (Wildman–Crippen LogP) is 1.67. The van der Waals surface area contributed by atoms with E-state index in [4.69, 9.17) is 17.3 Å². The van der Waals surface area contributed by atoms with Crippen molar-refractivity contribution in [1.82, 2.24) is 4.90 Å². The van der Waals surface area contributed by atoms with Gasteiger partial charge < -0.3 is 10.6 Å². The van der Waals surface area contributed by atoms with Gasteiger partial charge in [-0.2, -0.15) is 0 Å². The molecule has 5 heteroatoms. The molecule has 0 saturated carbocycles. The summed E-state index contributed by atoms with van der Waals surface area (Å²) in [5.74, 6) is -0.836. The maximum atomic E-state index is 12.2. The second-order valence-electron chi connectivity index (χ2n) is 4.03. The minimum Gasteiger partial charge on any atom is -0.366 e. The van der Waals surface area contributed by atoms with Gasteiger partial charge in [-0.1, -0.05) is 17.7 Å². The van der Waals surface area contributed by atoms with Crippen molar-refractivity contribution in [3.63, 3.8) is 0 Å². The first-order valence-corrected chi connectivity index (χ1v) is 5.86. The Hall–Kier alpha value is -1.55. The van der Waals surface area contributed by atoms with Gasteiger partial charge in [0.1, 0.15) is 0 Å². The summed E-state index contributed by atoms with van der Waals surface area (Å²) >= 11 is 5.99. The molecule has 0 aromatic heterocycles. The molecule has 2 rings (SSSR count). The van der Waals surface area contributed by atoms with Crippen molar-refractivity contribution in [1.29, 1.82) is 0 Å². The molecule has 2 N–H and O–H groups in total. The van der Waals surface area contributed by atoms with Crippen molar-refractivity contribution in [3.05, 3.63) is 34.3 Å². The van der Waals surface area contributed by atoms with E-state index in [1.165, 1.54) is 6.07 Å². The molecular weight excluding hydrogens is 240 g/mol. The summed E-state index contributed by atoms with van der Waals surface area (Å²) in [7, 11) is 0. The molecule has 0 atom stereocenters. The first-order valence-electron chi connectivity index (χ1n) is 5.49. The second-order valence-corrected chi connectivity index (χ2v) is 4.43. The first-order chi connectivity index (χ1) is 8.11. The van der Waals surface area contributed by atoms with Crippen LogP contribution < -0.4 is 5.73 Å². The highest BCUT2D eigenvalue weighted by atomic mass is 35.5. The number of benzene rings is 1. The molecule has 1 aromatic carbocycles. The highest BCUT2D eigenvalue weighted by Gasteiger charge is 2.25. The van der Waals surface area contributed by atoms with Gasteiger partial charge in [0.05, 0.1) is 16.1 Å². The van der Waals surface area contributed by atoms with E-state index < -0.39 is 5.91 Å². The molecule has 0 radical (unpaired) electrons. The standard InChI is InChI=1S/C12H13ClN2O2/c13-9-5-3-4-8(11(14)16)10(9)12(17)15-6-1-2-7-15/h3-5H,1-2,6-7H2,(H2,14,16). The smallest absolute Gasteiger partial charge is 0.256 e. The maximum Gasteiger partial charge on any atom is 0.256 e. The molecular formula is C12H13ClN2O2. The molecule has 1 heterocycles. The van der Waals surface area contributed by atoms with Crippen molar-refractivity contribution in [3.8, 4) is 0 Å². The molecule has 1 aliphatic heterocycles. The van der Waals surface area contributed by atoms with Crippen LogP contribution in [0.1, 0.15) is 33.6 Å². The number of primary amides is 1. The van der Waals surface area contributed by atoms with Gasteiger partial charge in [-0.15, -0.1) is 0 Å². The molecule has 0 bridgehead atoms. The van der Waals surface area contributed by atoms with Gasteiger partial charge in [0.2, 0.25) is 5.91 Å². The SMILES string of the molecule is NC(=O)c1cccc(Cl)c1C(=O)N1CCCC1. The van der Waals surface area contributed by atoms with E-state index in [-0.39, 0.29) is 22.1 Å². The summed E-state index contributed by atoms with van der Waals surface area (Å²) in [5, 5.41) is 0.276. The zero-order chi connectivity index (χ0) is 12.4. The van der Waals surface area contributed by atoms with E-state index in [2.05, 4.69) is 0 Å². The number of nitrogens with two attached hydrogens (primary N) is 1. The molecule has 1 aromatic rings. The lowest BCUT2D eigenvalue weighted by molar-refractivity contribution is 0.0787. The molecule has 0 spiro atoms. The number of amides is 2. The number of hydrogen-bond donors (Lipinski definition) is 1. The fourth-order valence-corrected chi connectivity index (χ4v) is 2.28. The molecule has 4 nitrogen and oxygen atoms in total. The minimum atomic E-state index is -0.630. The summed E-state index contributed by atoms with van der Waals surface area (Å²) in [5.41, 5.74) is 5.67. The normalized spacial score (nSPS) is 15.0. The molecule has 1 aliphatic rings. The number of carbonyl (C=O) groups excluding carboxylic acids is 2. The average molecular weight is 253 g/mol. The van der Waals surface area contributed by atoms with Crippen LogP contribution in [-0.2, 0) is 0 Å². The largest absolute Gasteiger partial charge is 0.366 e. The summed E-state index contributed by atoms with van der Waals surface area (Å²) < 4.78 is 0. The molecule has 0 aliphatic carbocycles. The summed E-state index contributed by atoms with van der Waals surface area (Å²) in [4.78, 5) is 25.2. The Kier molecular flexibility index (Phi) is 3.33. The van der Waals surface area contributed by atoms with Crippen LogP contribution in [0.2, 0.25) is 5.02 Å². The lowest BCUT2D eigenvalue weighted by Crippen LogP contribution is -2.30. The van der Waals surface area contributed by atoms with E-state index in [1.807, 2.05) is 0 Å². The highest BCUT2D eigenvalue weighted by Crippen LogP contribution is 2.23. The Balaban J connectivity index is 2.42. The molecule has 17 heavy (non-hydrogen) atoms. The third-order valence-electron chi connectivity index (χ3n) is 2.89. The topological polar surface area (TPSA) is 63.4 Å². The van der Waals surface area contributed by atoms with Crippen LogP contribution in [0.4, 0.5) is 0 Å². The van der Waals surface area contributed by atoms with Crippen molar-refractivity contribution in [2.45, 2.75) is 12.8 Å². The Bertz CT molecular complexity index is 468. The Morgan fingerprint density at radius 2 is 1.88 bits per heavy atom. The van der Waals surface area contributed by atoms with E-state index >= 15 is 0 Å². The van der Waals surface area contributed by atoms with E-state index in [0.29, 0.717) is 13.1 Å². The van der Waals surface area contributed by atoms with Crippen molar-refractivity contribution in [2.24, 2.45) is 5.73 Å². The lowest BCUT2D eigenvalue weighted by Gasteiger charge is -2.17. The van der Waals surface area contributed by atoms with Gasteiger partial charge in [0, 0.05) is 13.1 Å². The average Bonchev–Trinajstić information content (AvgIpc) is 2.81. The summed E-state index contributed by atoms with van der Waals surface area (Å²) in [6.45, 7) is 1.42. The molecule has 90 valence electrons. The van der Waals surface area contributed by atoms with Crippen molar-refractivity contribution >= 4 is 23.4 Å². The quantitative estimate of drug-likeness (QED) is 0.870. The van der Waals surface area contributed by atoms with Gasteiger partial charge in [0.25, 0.3) is 5.91 Å². The van der Waals surface area contributed by atoms with Crippen LogP contribution in [0.15, 0.2) is 18.2 Å². The van der Waals surface area contributed by atoms with Gasteiger partial charge >= 0.3 is 0 Å². The number of halogens is 1. The van der Waals surface area contributed by atoms with Crippen molar-refractivity contribution in [2.75, 3.05) is 13.1 Å². The Labute approximate surface area is 104 Å². The van der Waals surface area contributed by atoms with Crippen LogP contribution in [0.5, 0.6) is 0 Å². The predicted molar refractivity (Wildman–Crippen MR) is 65.1 cm³/mol. The number of nitrogens with zero attached hydrogens (tertiary/aromatic N) is 1. The summed E-state index contributed by atoms with van der Waals surface area (Å²) in [6.07, 6.45) is 1.98. The molecule has 0 unspecified atom stereocenters. The van der Waals surface area contributed by atoms with Crippen LogP contribution in [-0.4, -0.2) is 29.8 Å². The molecule has 1 saturated heterocycles. The van der Waals surface area contributed by atoms with Gasteiger partial charge in [-0.3, -0.25) is 9.59 Å². The Morgan fingerprint density at radius 1 is 1.24 bits per heavy atom. The van der Waals surface area contributed by atoms with E-state index in [0.717, 1.165) is 12.8 Å². The van der Waals surface area contributed by atoms with Crippen LogP contribution >= 0.6 is 11.6 Å². The number of carbonyl (C=O) groups is 2. The van der Waals surface area contributed by atoms with Gasteiger partial charge in [-0.05, 0) is 25.0 Å². The zero-order valence-electron chi connectivity index (χ0n) is 9.28. The maximum absolute atomic E-state index is 12.2. The number of hydrogen-bond acceptors (Lipinski definition) is 2. The first kappa shape index (κ1) is 11.9.